The highest BCUT2D eigenvalue weighted by molar-refractivity contribution is 5.96. The van der Waals surface area contributed by atoms with Gasteiger partial charge in [0.25, 0.3) is 5.91 Å². The van der Waals surface area contributed by atoms with E-state index in [2.05, 4.69) is 10.6 Å². The first-order chi connectivity index (χ1) is 14.2. The Morgan fingerprint density at radius 1 is 1.27 bits per heavy atom. The molecule has 0 saturated heterocycles. The number of anilines is 1. The van der Waals surface area contributed by atoms with E-state index in [1.807, 2.05) is 26.0 Å². The van der Waals surface area contributed by atoms with Gasteiger partial charge in [-0.2, -0.15) is 0 Å². The van der Waals surface area contributed by atoms with Crippen LogP contribution in [0.1, 0.15) is 25.5 Å². The first-order valence-electron chi connectivity index (χ1n) is 9.54. The van der Waals surface area contributed by atoms with Crippen LogP contribution in [0.15, 0.2) is 45.6 Å². The number of phenolic OH excluding ortho intramolecular Hbond substituents is 1. The van der Waals surface area contributed by atoms with Crippen molar-refractivity contribution in [1.29, 1.82) is 0 Å². The summed E-state index contributed by atoms with van der Waals surface area (Å²) in [5.74, 6) is -0.538. The fraction of sp³-hybridized carbons (Fsp3) is 0.333. The molecule has 0 aliphatic carbocycles. The molecule has 0 spiro atoms. The number of fused-ring (bicyclic) bond motifs is 2. The van der Waals surface area contributed by atoms with Crippen LogP contribution in [0.4, 0.5) is 5.69 Å². The van der Waals surface area contributed by atoms with Crippen molar-refractivity contribution in [2.24, 2.45) is 0 Å². The van der Waals surface area contributed by atoms with Gasteiger partial charge in [0.05, 0.1) is 17.3 Å². The number of rotatable bonds is 6. The number of ether oxygens (including phenoxy) is 1. The largest absolute Gasteiger partial charge is 0.508 e. The number of amides is 1. The average molecular weight is 413 g/mol. The lowest BCUT2D eigenvalue weighted by atomic mass is 10.0. The first kappa shape index (κ1) is 20.0. The maximum Gasteiger partial charge on any atom is 0.420 e. The van der Waals surface area contributed by atoms with Crippen molar-refractivity contribution >= 4 is 22.7 Å². The van der Waals surface area contributed by atoms with Crippen molar-refractivity contribution < 1.29 is 24.2 Å². The Balaban J connectivity index is 1.51. The summed E-state index contributed by atoms with van der Waals surface area (Å²) >= 11 is 0. The molecule has 2 aromatic carbocycles. The summed E-state index contributed by atoms with van der Waals surface area (Å²) in [5.41, 5.74) is 1.33. The molecule has 9 heteroatoms. The maximum absolute atomic E-state index is 12.2. The fourth-order valence-electron chi connectivity index (χ4n) is 3.56. The molecule has 0 fully saturated rings. The van der Waals surface area contributed by atoms with Gasteiger partial charge in [0.15, 0.2) is 12.2 Å². The van der Waals surface area contributed by atoms with Crippen molar-refractivity contribution in [3.8, 4) is 11.5 Å². The lowest BCUT2D eigenvalue weighted by molar-refractivity contribution is -0.118. The van der Waals surface area contributed by atoms with Crippen LogP contribution in [0.2, 0.25) is 0 Å². The van der Waals surface area contributed by atoms with Crippen molar-refractivity contribution in [3.63, 3.8) is 0 Å². The Labute approximate surface area is 171 Å². The summed E-state index contributed by atoms with van der Waals surface area (Å²) in [5, 5.41) is 26.5. The fourth-order valence-corrected chi connectivity index (χ4v) is 3.56. The molecule has 158 valence electrons. The van der Waals surface area contributed by atoms with Gasteiger partial charge in [-0.15, -0.1) is 0 Å². The third-order valence-corrected chi connectivity index (χ3v) is 4.98. The van der Waals surface area contributed by atoms with Crippen molar-refractivity contribution in [2.45, 2.75) is 32.0 Å². The quantitative estimate of drug-likeness (QED) is 0.485. The molecule has 4 N–H and O–H groups in total. The second-order valence-electron chi connectivity index (χ2n) is 7.95. The molecule has 0 radical (unpaired) electrons. The van der Waals surface area contributed by atoms with Crippen LogP contribution in [0, 0.1) is 0 Å². The highest BCUT2D eigenvalue weighted by Gasteiger charge is 2.27. The van der Waals surface area contributed by atoms with Gasteiger partial charge in [0, 0.05) is 30.3 Å². The third kappa shape index (κ3) is 3.89. The minimum absolute atomic E-state index is 0.0933. The SMILES string of the molecule is CC(C)(Cn1c(=O)oc2ccccc21)NCC(O)c1cc(O)cc2c1OCC(=O)N2. The summed E-state index contributed by atoms with van der Waals surface area (Å²) in [7, 11) is 0. The zero-order chi connectivity index (χ0) is 21.5. The minimum atomic E-state index is -1.02. The molecule has 1 atom stereocenters. The third-order valence-electron chi connectivity index (χ3n) is 4.98. The van der Waals surface area contributed by atoms with Crippen molar-refractivity contribution in [2.75, 3.05) is 18.5 Å². The molecular formula is C21H23N3O6. The van der Waals surface area contributed by atoms with Crippen molar-refractivity contribution in [1.82, 2.24) is 9.88 Å². The molecule has 0 saturated carbocycles. The van der Waals surface area contributed by atoms with Crippen LogP contribution < -0.4 is 21.1 Å². The number of aliphatic hydroxyl groups is 1. The lowest BCUT2D eigenvalue weighted by Gasteiger charge is -2.29. The number of hydrogen-bond acceptors (Lipinski definition) is 7. The van der Waals surface area contributed by atoms with Gasteiger partial charge in [-0.25, -0.2) is 4.79 Å². The number of aromatic hydroxyl groups is 1. The van der Waals surface area contributed by atoms with Crippen LogP contribution in [0.5, 0.6) is 11.5 Å². The van der Waals surface area contributed by atoms with E-state index in [1.54, 1.807) is 16.7 Å². The number of aliphatic hydroxyl groups excluding tert-OH is 1. The van der Waals surface area contributed by atoms with E-state index in [0.717, 1.165) is 0 Å². The predicted octanol–water partition coefficient (Wildman–Crippen LogP) is 1.73. The van der Waals surface area contributed by atoms with Gasteiger partial charge in [0.2, 0.25) is 0 Å². The molecule has 9 nitrogen and oxygen atoms in total. The van der Waals surface area contributed by atoms with Crippen LogP contribution in [-0.4, -0.2) is 39.4 Å². The van der Waals surface area contributed by atoms with Crippen LogP contribution >= 0.6 is 0 Å². The Morgan fingerprint density at radius 2 is 2.03 bits per heavy atom. The molecule has 1 aliphatic heterocycles. The van der Waals surface area contributed by atoms with E-state index in [9.17, 15) is 19.8 Å². The number of β-amino-alcohol motifs (C(OH)–C–C–N with tert-alkyl or cyclic N) is 1. The number of phenols is 1. The monoisotopic (exact) mass is 413 g/mol. The highest BCUT2D eigenvalue weighted by Crippen LogP contribution is 2.38. The van der Waals surface area contributed by atoms with Gasteiger partial charge in [-0.1, -0.05) is 12.1 Å². The van der Waals surface area contributed by atoms with E-state index < -0.39 is 17.4 Å². The Hall–Kier alpha value is -3.30. The number of nitrogens with one attached hydrogen (secondary N) is 2. The maximum atomic E-state index is 12.2. The molecular weight excluding hydrogens is 390 g/mol. The summed E-state index contributed by atoms with van der Waals surface area (Å²) in [6.45, 7) is 4.10. The Morgan fingerprint density at radius 3 is 2.83 bits per heavy atom. The molecule has 3 aromatic rings. The zero-order valence-corrected chi connectivity index (χ0v) is 16.6. The molecule has 4 rings (SSSR count). The van der Waals surface area contributed by atoms with E-state index in [0.29, 0.717) is 34.6 Å². The number of hydrogen-bond donors (Lipinski definition) is 4. The van der Waals surface area contributed by atoms with E-state index in [-0.39, 0.29) is 24.8 Å². The number of aromatic nitrogens is 1. The van der Waals surface area contributed by atoms with E-state index in [1.165, 1.54) is 12.1 Å². The molecule has 1 unspecified atom stereocenters. The van der Waals surface area contributed by atoms with Crippen LogP contribution in [-0.2, 0) is 11.3 Å². The summed E-state index contributed by atoms with van der Waals surface area (Å²) in [6, 6.07) is 9.97. The number of benzene rings is 2. The van der Waals surface area contributed by atoms with Crippen molar-refractivity contribution in [3.05, 3.63) is 52.5 Å². The zero-order valence-electron chi connectivity index (χ0n) is 16.6. The first-order valence-corrected chi connectivity index (χ1v) is 9.54. The molecule has 1 amide bonds. The topological polar surface area (TPSA) is 126 Å². The molecule has 2 heterocycles. The van der Waals surface area contributed by atoms with Crippen LogP contribution in [0.25, 0.3) is 11.1 Å². The Bertz CT molecular complexity index is 1160. The second kappa shape index (κ2) is 7.51. The molecule has 1 aliphatic rings. The minimum Gasteiger partial charge on any atom is -0.508 e. The van der Waals surface area contributed by atoms with Gasteiger partial charge in [-0.05, 0) is 32.0 Å². The number of oxazole rings is 1. The summed E-state index contributed by atoms with van der Waals surface area (Å²) in [6.07, 6.45) is -1.02. The molecule has 0 bridgehead atoms. The van der Waals surface area contributed by atoms with Gasteiger partial charge >= 0.3 is 5.76 Å². The number of carbonyl (C=O) groups is 1. The second-order valence-corrected chi connectivity index (χ2v) is 7.95. The van der Waals surface area contributed by atoms with Gasteiger partial charge < -0.3 is 30.0 Å². The van der Waals surface area contributed by atoms with E-state index in [4.69, 9.17) is 9.15 Å². The van der Waals surface area contributed by atoms with Crippen LogP contribution in [0.3, 0.4) is 0 Å². The number of carbonyl (C=O) groups excluding carboxylic acids is 1. The smallest absolute Gasteiger partial charge is 0.420 e. The highest BCUT2D eigenvalue weighted by atomic mass is 16.5. The standard InChI is InChI=1S/C21H23N3O6/c1-21(2,11-24-15-5-3-4-6-17(15)30-20(24)28)22-9-16(26)13-7-12(25)8-14-19(13)29-10-18(27)23-14/h3-8,16,22,25-26H,9-11H2,1-2H3,(H,23,27). The molecule has 1 aromatic heterocycles. The van der Waals surface area contributed by atoms with Gasteiger partial charge in [0.1, 0.15) is 11.5 Å². The van der Waals surface area contributed by atoms with E-state index >= 15 is 0 Å². The van der Waals surface area contributed by atoms with Gasteiger partial charge in [-0.3, -0.25) is 9.36 Å². The number of para-hydroxylation sites is 2. The Kier molecular flexibility index (Phi) is 5.00. The summed E-state index contributed by atoms with van der Waals surface area (Å²) in [4.78, 5) is 23.8. The number of nitrogens with zero attached hydrogens (tertiary/aromatic N) is 1. The average Bonchev–Trinajstić information content (AvgIpc) is 3.00. The molecule has 30 heavy (non-hydrogen) atoms. The lowest BCUT2D eigenvalue weighted by Crippen LogP contribution is -2.46. The predicted molar refractivity (Wildman–Crippen MR) is 110 cm³/mol. The normalized spacial score (nSPS) is 14.8. The summed E-state index contributed by atoms with van der Waals surface area (Å²) < 4.78 is 12.3.